The maximum Gasteiger partial charge on any atom is 0.411 e. The molecule has 2 N–H and O–H groups in total. The van der Waals surface area contributed by atoms with Crippen LogP contribution < -0.4 is 9.47 Å². The minimum Gasteiger partial charge on any atom is -0.508 e. The Morgan fingerprint density at radius 2 is 0.489 bits per heavy atom. The molecule has 0 saturated heterocycles. The second kappa shape index (κ2) is 26.2. The Bertz CT molecular complexity index is 3790. The molecule has 8 aromatic carbocycles. The van der Waals surface area contributed by atoms with Gasteiger partial charge >= 0.3 is 24.7 Å². The summed E-state index contributed by atoms with van der Waals surface area (Å²) in [6.45, 7) is 1.42. The van der Waals surface area contributed by atoms with Crippen LogP contribution in [0.15, 0.2) is 97.1 Å². The molecule has 4 nitrogen and oxygen atoms in total. The molecule has 494 valence electrons. The van der Waals surface area contributed by atoms with Crippen molar-refractivity contribution in [3.8, 4) is 28.7 Å². The molecular weight excluding hydrogens is 1330 g/mol. The van der Waals surface area contributed by atoms with E-state index < -0.39 is 226 Å². The zero-order valence-corrected chi connectivity index (χ0v) is 44.7. The van der Waals surface area contributed by atoms with Crippen molar-refractivity contribution in [1.82, 2.24) is 0 Å². The van der Waals surface area contributed by atoms with Gasteiger partial charge in [-0.3, -0.25) is 0 Å². The van der Waals surface area contributed by atoms with E-state index in [0.717, 1.165) is 36.4 Å². The van der Waals surface area contributed by atoms with E-state index in [4.69, 9.17) is 14.9 Å². The highest BCUT2D eigenvalue weighted by molar-refractivity contribution is 5.50. The molecule has 0 aliphatic rings. The number of benzene rings is 8. The first-order chi connectivity index (χ1) is 42.4. The summed E-state index contributed by atoms with van der Waals surface area (Å²) in [6, 6.07) is 9.92. The van der Waals surface area contributed by atoms with Crippen LogP contribution in [0.4, 0.5) is 132 Å². The number of hydrogen-bond donors (Lipinski definition) is 2. The van der Waals surface area contributed by atoms with Gasteiger partial charge in [0.2, 0.25) is 51.5 Å². The summed E-state index contributed by atoms with van der Waals surface area (Å²) in [5.74, 6) is -47.8. The lowest BCUT2D eigenvalue weighted by atomic mass is 9.72. The van der Waals surface area contributed by atoms with Gasteiger partial charge in [-0.25, -0.2) is 61.5 Å². The number of halogens is 30. The summed E-state index contributed by atoms with van der Waals surface area (Å²) in [6.07, 6.45) is -26.8. The van der Waals surface area contributed by atoms with Crippen molar-refractivity contribution < 1.29 is 151 Å². The Morgan fingerprint density at radius 3 is 0.728 bits per heavy atom. The van der Waals surface area contributed by atoms with Crippen LogP contribution in [-0.4, -0.2) is 42.0 Å². The van der Waals surface area contributed by atoms with Crippen LogP contribution in [0.5, 0.6) is 28.7 Å². The van der Waals surface area contributed by atoms with Crippen molar-refractivity contribution in [2.75, 3.05) is 7.11 Å². The molecular formula is C58H28F30O4. The molecule has 8 aromatic rings. The first-order valence-electron chi connectivity index (χ1n) is 24.3. The van der Waals surface area contributed by atoms with Gasteiger partial charge in [-0.15, -0.1) is 0 Å². The number of aromatic hydroxyl groups is 2. The molecule has 0 aromatic heterocycles. The van der Waals surface area contributed by atoms with Gasteiger partial charge in [0.1, 0.15) is 17.2 Å². The number of phenols is 2. The maximum absolute atomic E-state index is 14.8. The molecule has 0 aliphatic carbocycles. The number of rotatable bonds is 11. The second-order valence-corrected chi connectivity index (χ2v) is 18.9. The molecule has 0 aliphatic heterocycles. The first-order valence-corrected chi connectivity index (χ1v) is 24.3. The minimum atomic E-state index is -5.97. The van der Waals surface area contributed by atoms with Gasteiger partial charge in [-0.1, -0.05) is 66.2 Å². The number of phenolic OH excluding ortho intramolecular Hbond substituents is 2. The van der Waals surface area contributed by atoms with Gasteiger partial charge < -0.3 is 19.7 Å². The van der Waals surface area contributed by atoms with Crippen LogP contribution in [-0.2, 0) is 23.7 Å². The van der Waals surface area contributed by atoms with E-state index in [1.54, 1.807) is 0 Å². The monoisotopic (exact) mass is 1360 g/mol. The van der Waals surface area contributed by atoms with Gasteiger partial charge in [0.25, 0.3) is 0 Å². The number of hydrogen-bond acceptors (Lipinski definition) is 4. The third-order valence-electron chi connectivity index (χ3n) is 13.4. The average Bonchev–Trinajstić information content (AvgIpc) is 0.727. The van der Waals surface area contributed by atoms with Gasteiger partial charge in [0.15, 0.2) is 75.6 Å². The highest BCUT2D eigenvalue weighted by Gasteiger charge is 2.73. The predicted molar refractivity (Wildman–Crippen MR) is 257 cm³/mol. The van der Waals surface area contributed by atoms with Gasteiger partial charge in [-0.2, -0.15) is 70.2 Å². The molecule has 34 heteroatoms. The molecule has 0 saturated carbocycles. The normalized spacial score (nSPS) is 12.3. The van der Waals surface area contributed by atoms with Crippen LogP contribution in [0.3, 0.4) is 0 Å². The van der Waals surface area contributed by atoms with Gasteiger partial charge in [-0.05, 0) is 65.6 Å². The Morgan fingerprint density at radius 1 is 0.283 bits per heavy atom. The molecule has 0 fully saturated rings. The van der Waals surface area contributed by atoms with Crippen molar-refractivity contribution in [3.05, 3.63) is 252 Å². The van der Waals surface area contributed by atoms with Crippen LogP contribution in [0.25, 0.3) is 0 Å². The number of aryl methyl sites for hydroxylation is 1. The lowest BCUT2D eigenvalue weighted by Crippen LogP contribution is -2.54. The summed E-state index contributed by atoms with van der Waals surface area (Å²) in [7, 11) is 0.642. The fourth-order valence-electron chi connectivity index (χ4n) is 8.94. The Kier molecular flexibility index (Phi) is 20.5. The zero-order chi connectivity index (χ0) is 69.6. The van der Waals surface area contributed by atoms with Crippen molar-refractivity contribution in [2.45, 2.75) is 55.3 Å². The lowest BCUT2D eigenvalue weighted by molar-refractivity contribution is -0.290. The first kappa shape index (κ1) is 71.9. The van der Waals surface area contributed by atoms with Crippen molar-refractivity contribution in [2.24, 2.45) is 0 Å². The van der Waals surface area contributed by atoms with E-state index in [-0.39, 0.29) is 12.1 Å². The van der Waals surface area contributed by atoms with Crippen LogP contribution >= 0.6 is 0 Å². The minimum absolute atomic E-state index is 0.269. The SMILES string of the molecule is COc1c(F)c(F)c(Cc2c(F)c(F)c(Oc3ccc(C(c4ccc(C)cc4)(C(F)(F)F)C(F)(F)F)cc3)c(F)c2F)c(F)c1F.Fc1c(F)c(F)c(Cc2c(F)c(F)c(F)c(F)c2F)c(F)c1F.Oc1ccc(C(c2ccc(O)cc2)(C(F)(F)F)C(F)(F)F)cc1. The number of alkyl halides is 12. The summed E-state index contributed by atoms with van der Waals surface area (Å²) in [4.78, 5) is 0. The van der Waals surface area contributed by atoms with Gasteiger partial charge in [0, 0.05) is 35.1 Å². The molecule has 8 rings (SSSR count). The van der Waals surface area contributed by atoms with E-state index in [9.17, 15) is 132 Å². The largest absolute Gasteiger partial charge is 0.508 e. The molecule has 92 heavy (non-hydrogen) atoms. The summed E-state index contributed by atoms with van der Waals surface area (Å²) in [5.41, 5.74) is -20.2. The molecule has 0 heterocycles. The topological polar surface area (TPSA) is 58.9 Å². The van der Waals surface area contributed by atoms with Crippen molar-refractivity contribution in [3.63, 3.8) is 0 Å². The van der Waals surface area contributed by atoms with Crippen LogP contribution in [0, 0.1) is 112 Å². The molecule has 0 spiro atoms. The van der Waals surface area contributed by atoms with Crippen molar-refractivity contribution >= 4 is 0 Å². The summed E-state index contributed by atoms with van der Waals surface area (Å²) in [5, 5.41) is 18.3. The van der Waals surface area contributed by atoms with E-state index >= 15 is 0 Å². The quantitative estimate of drug-likeness (QED) is 0.0770. The predicted octanol–water partition coefficient (Wildman–Crippen LogP) is 19.1. The molecule has 0 amide bonds. The average molecular weight is 1360 g/mol. The molecule has 0 bridgehead atoms. The fourth-order valence-corrected chi connectivity index (χ4v) is 8.94. The number of methoxy groups -OCH3 is 1. The fraction of sp³-hybridized carbons (Fsp3) is 0.172. The summed E-state index contributed by atoms with van der Waals surface area (Å²) >= 11 is 0. The van der Waals surface area contributed by atoms with E-state index in [2.05, 4.69) is 4.74 Å². The second-order valence-electron chi connectivity index (χ2n) is 18.9. The highest BCUT2D eigenvalue weighted by atomic mass is 19.4. The van der Waals surface area contributed by atoms with E-state index in [1.165, 1.54) is 6.92 Å². The Hall–Kier alpha value is -9.14. The Balaban J connectivity index is 0.000000244. The Labute approximate surface area is 493 Å². The molecule has 0 radical (unpaired) electrons. The highest BCUT2D eigenvalue weighted by Crippen LogP contribution is 2.58. The van der Waals surface area contributed by atoms with Crippen molar-refractivity contribution in [1.29, 1.82) is 0 Å². The third-order valence-corrected chi connectivity index (χ3v) is 13.4. The zero-order valence-electron chi connectivity index (χ0n) is 44.7. The maximum atomic E-state index is 14.8. The molecule has 0 atom stereocenters. The van der Waals surface area contributed by atoms with Gasteiger partial charge in [0.05, 0.1) is 7.11 Å². The standard InChI is InChI=1S/C30H16F14O2.C15H10F6O2.C13H2F10/c1-12-3-5-13(6-4-12)28(29(39,40)41,30(42,43)44)14-7-9-15(10-8-14)46-27-24(37)20(33)17(21(34)25(27)38)11-16-18(31)22(35)26(45-2)23(36)19(16)32;16-14(17,18)13(15(19,20)21,9-1-5-11(22)6-2-9)10-3-7-12(23)8-4-10;14-4-2(5(15)9(19)12(22)8(4)18)1-3-6(16)10(20)13(23)11(21)7(3)17/h3-10H,11H2,1-2H3;1-8,22-23H;1H2. The third kappa shape index (κ3) is 12.8. The molecule has 0 unspecified atom stereocenters. The van der Waals surface area contributed by atoms with E-state index in [0.29, 0.717) is 61.2 Å². The lowest BCUT2D eigenvalue weighted by Gasteiger charge is -2.38. The van der Waals surface area contributed by atoms with Crippen LogP contribution in [0.2, 0.25) is 0 Å². The number of ether oxygens (including phenoxy) is 2. The van der Waals surface area contributed by atoms with Crippen LogP contribution in [0.1, 0.15) is 50.1 Å². The smallest absolute Gasteiger partial charge is 0.411 e. The van der Waals surface area contributed by atoms with E-state index in [1.807, 2.05) is 0 Å². The summed E-state index contributed by atoms with van der Waals surface area (Å²) < 4.78 is 423.